The molecule has 0 aromatic rings. The second-order valence-corrected chi connectivity index (χ2v) is 7.86. The molecule has 3 atom stereocenters. The predicted octanol–water partition coefficient (Wildman–Crippen LogP) is 3.34. The monoisotopic (exact) mass is 248 g/mol. The zero-order chi connectivity index (χ0) is 13.9. The fourth-order valence-electron chi connectivity index (χ4n) is 3.22. The van der Waals surface area contributed by atoms with E-state index in [4.69, 9.17) is 0 Å². The van der Waals surface area contributed by atoms with Crippen molar-refractivity contribution >= 4 is 17.7 Å². The van der Waals surface area contributed by atoms with Gasteiger partial charge >= 0.3 is 0 Å². The van der Waals surface area contributed by atoms with Crippen molar-refractivity contribution in [1.29, 1.82) is 0 Å². The van der Waals surface area contributed by atoms with Crippen molar-refractivity contribution in [2.45, 2.75) is 48.5 Å². The minimum atomic E-state index is -0.290. The molecule has 0 bridgehead atoms. The number of ketones is 1. The highest BCUT2D eigenvalue weighted by Crippen LogP contribution is 2.64. The van der Waals surface area contributed by atoms with Crippen LogP contribution in [0.2, 0.25) is 0 Å². The molecule has 0 aromatic carbocycles. The molecule has 1 fully saturated rings. The number of fused-ring (bicyclic) bond motifs is 1. The van der Waals surface area contributed by atoms with Crippen molar-refractivity contribution in [2.75, 3.05) is 0 Å². The van der Waals surface area contributed by atoms with Crippen LogP contribution in [0.4, 0.5) is 0 Å². The number of hydrogen-bond donors (Lipinski definition) is 0. The smallest absolute Gasteiger partial charge is 0.142 e. The molecule has 3 heteroatoms. The first-order chi connectivity index (χ1) is 8.00. The van der Waals surface area contributed by atoms with Gasteiger partial charge in [-0.1, -0.05) is 48.5 Å². The van der Waals surface area contributed by atoms with Crippen LogP contribution in [0.15, 0.2) is 10.2 Å². The summed E-state index contributed by atoms with van der Waals surface area (Å²) in [5, 5.41) is 8.46. The summed E-state index contributed by atoms with van der Waals surface area (Å²) in [4.78, 5) is 12.6. The Kier molecular flexibility index (Phi) is 2.63. The van der Waals surface area contributed by atoms with Gasteiger partial charge in [0.05, 0.1) is 5.71 Å². The molecule has 0 spiro atoms. The molecule has 3 nitrogen and oxygen atoms in total. The minimum Gasteiger partial charge on any atom is -0.299 e. The Morgan fingerprint density at radius 2 is 1.78 bits per heavy atom. The molecular weight excluding hydrogens is 224 g/mol. The molecular formula is C15H24N2O. The van der Waals surface area contributed by atoms with Gasteiger partial charge in [0.2, 0.25) is 0 Å². The highest BCUT2D eigenvalue weighted by atomic mass is 16.1. The highest BCUT2D eigenvalue weighted by molar-refractivity contribution is 6.09. The summed E-state index contributed by atoms with van der Waals surface area (Å²) in [6, 6.07) is 0. The molecule has 0 radical (unpaired) electrons. The summed E-state index contributed by atoms with van der Waals surface area (Å²) < 4.78 is 0. The fourth-order valence-corrected chi connectivity index (χ4v) is 3.22. The van der Waals surface area contributed by atoms with E-state index in [1.54, 1.807) is 0 Å². The van der Waals surface area contributed by atoms with Gasteiger partial charge in [0.15, 0.2) is 0 Å². The lowest BCUT2D eigenvalue weighted by Gasteiger charge is -2.28. The standard InChI is InChI=1S/C15H24N2O/c1-13(2,3)11(18)10-9-8-16-17-12(14(4,5)6)15(9,10)7/h8-10H,1-7H3. The van der Waals surface area contributed by atoms with E-state index in [-0.39, 0.29) is 28.1 Å². The van der Waals surface area contributed by atoms with Gasteiger partial charge < -0.3 is 0 Å². The van der Waals surface area contributed by atoms with Crippen molar-refractivity contribution in [3.63, 3.8) is 0 Å². The maximum absolute atomic E-state index is 12.6. The van der Waals surface area contributed by atoms with Crippen molar-refractivity contribution in [2.24, 2.45) is 38.3 Å². The Hall–Kier alpha value is -0.990. The molecule has 1 aliphatic carbocycles. The maximum Gasteiger partial charge on any atom is 0.142 e. The first-order valence-corrected chi connectivity index (χ1v) is 6.67. The quantitative estimate of drug-likeness (QED) is 0.701. The molecule has 1 saturated carbocycles. The van der Waals surface area contributed by atoms with Crippen molar-refractivity contribution < 1.29 is 4.79 Å². The molecule has 1 aliphatic heterocycles. The van der Waals surface area contributed by atoms with Gasteiger partial charge in [0.25, 0.3) is 0 Å². The van der Waals surface area contributed by atoms with Crippen LogP contribution in [0.5, 0.6) is 0 Å². The molecule has 3 unspecified atom stereocenters. The zero-order valence-corrected chi connectivity index (χ0v) is 12.5. The second-order valence-electron chi connectivity index (χ2n) is 7.86. The van der Waals surface area contributed by atoms with Gasteiger partial charge in [-0.05, 0) is 0 Å². The number of rotatable bonds is 1. The van der Waals surface area contributed by atoms with Gasteiger partial charge in [0.1, 0.15) is 5.78 Å². The molecule has 2 aliphatic rings. The minimum absolute atomic E-state index is 0.0301. The Morgan fingerprint density at radius 3 is 2.22 bits per heavy atom. The normalized spacial score (nSPS) is 34.9. The van der Waals surface area contributed by atoms with Gasteiger partial charge in [-0.3, -0.25) is 4.79 Å². The van der Waals surface area contributed by atoms with Crippen molar-refractivity contribution in [3.05, 3.63) is 0 Å². The third kappa shape index (κ3) is 1.75. The van der Waals surface area contributed by atoms with Crippen molar-refractivity contribution in [1.82, 2.24) is 0 Å². The van der Waals surface area contributed by atoms with E-state index in [2.05, 4.69) is 37.9 Å². The van der Waals surface area contributed by atoms with E-state index >= 15 is 0 Å². The first kappa shape index (κ1) is 13.4. The number of hydrogen-bond acceptors (Lipinski definition) is 3. The van der Waals surface area contributed by atoms with E-state index in [0.717, 1.165) is 5.71 Å². The third-order valence-corrected chi connectivity index (χ3v) is 4.22. The molecule has 2 rings (SSSR count). The molecule has 0 saturated heterocycles. The Labute approximate surface area is 110 Å². The summed E-state index contributed by atoms with van der Waals surface area (Å²) in [6.07, 6.45) is 1.86. The van der Waals surface area contributed by atoms with Crippen LogP contribution < -0.4 is 0 Å². The highest BCUT2D eigenvalue weighted by Gasteiger charge is 2.70. The van der Waals surface area contributed by atoms with E-state index in [1.807, 2.05) is 27.0 Å². The molecule has 0 aromatic heterocycles. The lowest BCUT2D eigenvalue weighted by molar-refractivity contribution is -0.128. The van der Waals surface area contributed by atoms with Crippen LogP contribution in [0.3, 0.4) is 0 Å². The zero-order valence-electron chi connectivity index (χ0n) is 12.5. The van der Waals surface area contributed by atoms with E-state index < -0.39 is 0 Å². The van der Waals surface area contributed by atoms with Crippen LogP contribution in [-0.4, -0.2) is 17.7 Å². The molecule has 18 heavy (non-hydrogen) atoms. The second kappa shape index (κ2) is 3.52. The van der Waals surface area contributed by atoms with E-state index in [1.165, 1.54) is 0 Å². The molecule has 1 heterocycles. The van der Waals surface area contributed by atoms with Crippen LogP contribution in [0.1, 0.15) is 48.5 Å². The first-order valence-electron chi connectivity index (χ1n) is 6.67. The van der Waals surface area contributed by atoms with E-state index in [9.17, 15) is 4.79 Å². The SMILES string of the molecule is CC(C)(C)C(=O)C1C2C=NN=C(C(C)(C)C)C21C. The van der Waals surface area contributed by atoms with Gasteiger partial charge in [-0.15, -0.1) is 0 Å². The molecule has 100 valence electrons. The topological polar surface area (TPSA) is 41.8 Å². The Balaban J connectivity index is 2.36. The van der Waals surface area contributed by atoms with Gasteiger partial charge in [0, 0.05) is 34.3 Å². The fraction of sp³-hybridized carbons (Fsp3) is 0.800. The Bertz CT molecular complexity index is 448. The average molecular weight is 248 g/mol. The third-order valence-electron chi connectivity index (χ3n) is 4.22. The number of Topliss-reactive ketones (excluding diaryl/α,β-unsaturated/α-hetero) is 1. The van der Waals surface area contributed by atoms with Crippen LogP contribution in [0, 0.1) is 28.1 Å². The summed E-state index contributed by atoms with van der Waals surface area (Å²) in [7, 11) is 0. The number of nitrogens with zero attached hydrogens (tertiary/aromatic N) is 2. The number of carbonyl (C=O) groups excluding carboxylic acids is 1. The van der Waals surface area contributed by atoms with Crippen LogP contribution in [-0.2, 0) is 4.79 Å². The summed E-state index contributed by atoms with van der Waals surface area (Å²) >= 11 is 0. The largest absolute Gasteiger partial charge is 0.299 e. The summed E-state index contributed by atoms with van der Waals surface area (Å²) in [5.74, 6) is 0.637. The predicted molar refractivity (Wildman–Crippen MR) is 74.9 cm³/mol. The van der Waals surface area contributed by atoms with Gasteiger partial charge in [-0.25, -0.2) is 0 Å². The maximum atomic E-state index is 12.6. The van der Waals surface area contributed by atoms with Gasteiger partial charge in [-0.2, -0.15) is 10.2 Å². The summed E-state index contributed by atoms with van der Waals surface area (Å²) in [5.41, 5.74) is 0.647. The molecule has 0 amide bonds. The Morgan fingerprint density at radius 1 is 1.22 bits per heavy atom. The van der Waals surface area contributed by atoms with E-state index in [0.29, 0.717) is 5.78 Å². The van der Waals surface area contributed by atoms with Crippen LogP contribution in [0.25, 0.3) is 0 Å². The summed E-state index contributed by atoms with van der Waals surface area (Å²) in [6.45, 7) is 14.6. The molecule has 0 N–H and O–H groups in total. The average Bonchev–Trinajstić information content (AvgIpc) is 2.78. The number of carbonyl (C=O) groups is 1. The lowest BCUT2D eigenvalue weighted by Crippen LogP contribution is -2.33. The lowest BCUT2D eigenvalue weighted by atomic mass is 9.77. The van der Waals surface area contributed by atoms with Crippen LogP contribution >= 0.6 is 0 Å². The van der Waals surface area contributed by atoms with Crippen molar-refractivity contribution in [3.8, 4) is 0 Å².